The highest BCUT2D eigenvalue weighted by atomic mass is 16.3. The van der Waals surface area contributed by atoms with Gasteiger partial charge in [0, 0.05) is 17.5 Å². The van der Waals surface area contributed by atoms with Crippen molar-refractivity contribution in [3.63, 3.8) is 0 Å². The van der Waals surface area contributed by atoms with Crippen LogP contribution in [0, 0.1) is 6.92 Å². The zero-order valence-corrected chi connectivity index (χ0v) is 10.2. The van der Waals surface area contributed by atoms with E-state index in [9.17, 15) is 9.90 Å². The van der Waals surface area contributed by atoms with Crippen molar-refractivity contribution in [3.05, 3.63) is 59.7 Å². The highest BCUT2D eigenvalue weighted by molar-refractivity contribution is 6.08. The summed E-state index contributed by atoms with van der Waals surface area (Å²) in [6.07, 6.45) is 3.29. The number of imidazole rings is 1. The lowest BCUT2D eigenvalue weighted by atomic mass is 10.1. The molecule has 1 N–H and O–H groups in total. The summed E-state index contributed by atoms with van der Waals surface area (Å²) < 4.78 is 1.65. The first-order valence-corrected chi connectivity index (χ1v) is 5.79. The van der Waals surface area contributed by atoms with Crippen LogP contribution < -0.4 is 0 Å². The summed E-state index contributed by atoms with van der Waals surface area (Å²) in [7, 11) is 0. The maximum Gasteiger partial charge on any atom is 0.234 e. The summed E-state index contributed by atoms with van der Waals surface area (Å²) in [6.45, 7) is 1.87. The second kappa shape index (κ2) is 4.20. The number of nitrogens with zero attached hydrogens (tertiary/aromatic N) is 3. The number of hydrogen-bond donors (Lipinski definition) is 1. The smallest absolute Gasteiger partial charge is 0.234 e. The van der Waals surface area contributed by atoms with Crippen molar-refractivity contribution in [1.29, 1.82) is 0 Å². The van der Waals surface area contributed by atoms with Crippen LogP contribution in [0.3, 0.4) is 0 Å². The molecule has 0 amide bonds. The maximum atomic E-state index is 12.3. The number of phenols is 1. The van der Waals surface area contributed by atoms with Gasteiger partial charge in [0.25, 0.3) is 0 Å². The molecule has 0 atom stereocenters. The van der Waals surface area contributed by atoms with Crippen molar-refractivity contribution in [1.82, 2.24) is 14.4 Å². The third-order valence-corrected chi connectivity index (χ3v) is 2.88. The number of aromatic nitrogens is 3. The van der Waals surface area contributed by atoms with Gasteiger partial charge in [-0.15, -0.1) is 0 Å². The minimum Gasteiger partial charge on any atom is -0.508 e. The summed E-state index contributed by atoms with van der Waals surface area (Å²) in [5, 5.41) is 9.23. The van der Waals surface area contributed by atoms with E-state index in [1.165, 1.54) is 18.3 Å². The summed E-state index contributed by atoms with van der Waals surface area (Å²) >= 11 is 0. The van der Waals surface area contributed by atoms with Crippen LogP contribution in [0.5, 0.6) is 5.75 Å². The fourth-order valence-electron chi connectivity index (χ4n) is 1.89. The first kappa shape index (κ1) is 11.4. The predicted molar refractivity (Wildman–Crippen MR) is 69.3 cm³/mol. The van der Waals surface area contributed by atoms with Crippen LogP contribution in [0.25, 0.3) is 5.78 Å². The van der Waals surface area contributed by atoms with Crippen molar-refractivity contribution in [2.24, 2.45) is 0 Å². The molecule has 3 rings (SSSR count). The number of benzene rings is 1. The normalized spacial score (nSPS) is 10.8. The molecule has 0 saturated carbocycles. The standard InChI is InChI=1S/C14H11N3O2/c1-9-6-7-17-12(8-15-14(17)16-9)13(19)10-2-4-11(18)5-3-10/h2-8,18H,1H3. The topological polar surface area (TPSA) is 67.5 Å². The molecule has 3 aromatic rings. The molecule has 0 bridgehead atoms. The number of phenolic OH excluding ortho intramolecular Hbond substituents is 1. The number of aromatic hydroxyl groups is 1. The van der Waals surface area contributed by atoms with Gasteiger partial charge in [-0.3, -0.25) is 9.20 Å². The summed E-state index contributed by atoms with van der Waals surface area (Å²) in [4.78, 5) is 20.7. The molecular weight excluding hydrogens is 242 g/mol. The molecular formula is C14H11N3O2. The van der Waals surface area contributed by atoms with E-state index in [-0.39, 0.29) is 11.5 Å². The van der Waals surface area contributed by atoms with Crippen LogP contribution in [0.15, 0.2) is 42.7 Å². The van der Waals surface area contributed by atoms with Gasteiger partial charge in [-0.1, -0.05) is 0 Å². The van der Waals surface area contributed by atoms with Crippen molar-refractivity contribution >= 4 is 11.6 Å². The Morgan fingerprint density at radius 2 is 1.95 bits per heavy atom. The van der Waals surface area contributed by atoms with E-state index < -0.39 is 0 Å². The molecule has 2 heterocycles. The Bertz CT molecular complexity index is 760. The zero-order valence-electron chi connectivity index (χ0n) is 10.2. The van der Waals surface area contributed by atoms with Gasteiger partial charge in [0.15, 0.2) is 0 Å². The van der Waals surface area contributed by atoms with Gasteiger partial charge < -0.3 is 5.11 Å². The second-order valence-corrected chi connectivity index (χ2v) is 4.26. The number of carbonyl (C=O) groups is 1. The summed E-state index contributed by atoms with van der Waals surface area (Å²) in [5.41, 5.74) is 1.80. The average Bonchev–Trinajstić information content (AvgIpc) is 2.81. The van der Waals surface area contributed by atoms with Crippen molar-refractivity contribution in [3.8, 4) is 5.75 Å². The Hall–Kier alpha value is -2.69. The molecule has 0 aliphatic heterocycles. The number of aryl methyl sites for hydroxylation is 1. The van der Waals surface area contributed by atoms with E-state index in [2.05, 4.69) is 9.97 Å². The van der Waals surface area contributed by atoms with Gasteiger partial charge in [0.2, 0.25) is 11.6 Å². The number of hydrogen-bond acceptors (Lipinski definition) is 4. The highest BCUT2D eigenvalue weighted by Gasteiger charge is 2.14. The van der Waals surface area contributed by atoms with E-state index in [1.807, 2.05) is 13.0 Å². The molecule has 0 aliphatic carbocycles. The number of rotatable bonds is 2. The molecule has 5 nitrogen and oxygen atoms in total. The van der Waals surface area contributed by atoms with Crippen LogP contribution in [0.4, 0.5) is 0 Å². The molecule has 0 aliphatic rings. The second-order valence-electron chi connectivity index (χ2n) is 4.26. The van der Waals surface area contributed by atoms with E-state index in [4.69, 9.17) is 0 Å². The summed E-state index contributed by atoms with van der Waals surface area (Å²) in [5.74, 6) is 0.479. The van der Waals surface area contributed by atoms with E-state index >= 15 is 0 Å². The largest absolute Gasteiger partial charge is 0.508 e. The van der Waals surface area contributed by atoms with E-state index in [0.717, 1.165) is 5.69 Å². The fourth-order valence-corrected chi connectivity index (χ4v) is 1.89. The van der Waals surface area contributed by atoms with Crippen molar-refractivity contribution in [2.75, 3.05) is 0 Å². The van der Waals surface area contributed by atoms with Crippen molar-refractivity contribution in [2.45, 2.75) is 6.92 Å². The number of fused-ring (bicyclic) bond motifs is 1. The zero-order chi connectivity index (χ0) is 13.4. The van der Waals surface area contributed by atoms with Crippen LogP contribution >= 0.6 is 0 Å². The van der Waals surface area contributed by atoms with Gasteiger partial charge in [-0.25, -0.2) is 9.97 Å². The lowest BCUT2D eigenvalue weighted by Crippen LogP contribution is -2.05. The Morgan fingerprint density at radius 1 is 1.21 bits per heavy atom. The van der Waals surface area contributed by atoms with Gasteiger partial charge in [0.1, 0.15) is 11.4 Å². The number of carbonyl (C=O) groups excluding carboxylic acids is 1. The number of ketones is 1. The average molecular weight is 253 g/mol. The minimum atomic E-state index is -0.154. The molecule has 5 heteroatoms. The van der Waals surface area contributed by atoms with Gasteiger partial charge in [-0.05, 0) is 37.3 Å². The quantitative estimate of drug-likeness (QED) is 0.709. The van der Waals surface area contributed by atoms with Crippen LogP contribution in [-0.2, 0) is 0 Å². The van der Waals surface area contributed by atoms with E-state index in [0.29, 0.717) is 17.0 Å². The fraction of sp³-hybridized carbons (Fsp3) is 0.0714. The molecule has 2 aromatic heterocycles. The molecule has 0 saturated heterocycles. The van der Waals surface area contributed by atoms with Crippen LogP contribution in [0.2, 0.25) is 0 Å². The molecule has 1 aromatic carbocycles. The Balaban J connectivity index is 2.09. The maximum absolute atomic E-state index is 12.3. The molecule has 0 radical (unpaired) electrons. The minimum absolute atomic E-state index is 0.131. The SMILES string of the molecule is Cc1ccn2c(C(=O)c3ccc(O)cc3)cnc2n1. The molecule has 94 valence electrons. The first-order chi connectivity index (χ1) is 9.15. The van der Waals surface area contributed by atoms with Gasteiger partial charge in [0.05, 0.1) is 6.20 Å². The molecule has 0 fully saturated rings. The van der Waals surface area contributed by atoms with Gasteiger partial charge >= 0.3 is 0 Å². The molecule has 0 unspecified atom stereocenters. The monoisotopic (exact) mass is 253 g/mol. The Labute approximate surface area is 109 Å². The van der Waals surface area contributed by atoms with Crippen LogP contribution in [0.1, 0.15) is 21.7 Å². The predicted octanol–water partition coefficient (Wildman–Crippen LogP) is 1.97. The third-order valence-electron chi connectivity index (χ3n) is 2.88. The molecule has 0 spiro atoms. The highest BCUT2D eigenvalue weighted by Crippen LogP contribution is 2.15. The Kier molecular flexibility index (Phi) is 2.52. The summed E-state index contributed by atoms with van der Waals surface area (Å²) in [6, 6.07) is 7.96. The third kappa shape index (κ3) is 1.95. The van der Waals surface area contributed by atoms with E-state index in [1.54, 1.807) is 22.7 Å². The first-order valence-electron chi connectivity index (χ1n) is 5.79. The molecule has 19 heavy (non-hydrogen) atoms. The van der Waals surface area contributed by atoms with Crippen LogP contribution in [-0.4, -0.2) is 25.3 Å². The lowest BCUT2D eigenvalue weighted by Gasteiger charge is -2.01. The Morgan fingerprint density at radius 3 is 2.68 bits per heavy atom. The lowest BCUT2D eigenvalue weighted by molar-refractivity contribution is 0.103. The van der Waals surface area contributed by atoms with Crippen molar-refractivity contribution < 1.29 is 9.90 Å². The van der Waals surface area contributed by atoms with Gasteiger partial charge in [-0.2, -0.15) is 0 Å².